The van der Waals surface area contributed by atoms with Crippen LogP contribution in [0.2, 0.25) is 5.02 Å². The van der Waals surface area contributed by atoms with E-state index in [4.69, 9.17) is 21.6 Å². The maximum absolute atomic E-state index is 13.8. The first kappa shape index (κ1) is 13.8. The Morgan fingerprint density at radius 1 is 1.35 bits per heavy atom. The monoisotopic (exact) mass is 292 g/mol. The standard InChI is InChI=1S/C13H6ClFN2O3/c14-10-6-9(4-5-11(10)17(18)19)20-12-3-1-2-8(7-16)13(12)15/h1-6H. The van der Waals surface area contributed by atoms with Gasteiger partial charge in [0.05, 0.1) is 10.5 Å². The maximum Gasteiger partial charge on any atom is 0.288 e. The van der Waals surface area contributed by atoms with Gasteiger partial charge in [0.15, 0.2) is 11.6 Å². The van der Waals surface area contributed by atoms with Crippen LogP contribution in [0.4, 0.5) is 10.1 Å². The van der Waals surface area contributed by atoms with Crippen LogP contribution >= 0.6 is 11.6 Å². The van der Waals surface area contributed by atoms with Crippen LogP contribution in [0.15, 0.2) is 36.4 Å². The molecular weight excluding hydrogens is 287 g/mol. The summed E-state index contributed by atoms with van der Waals surface area (Å²) in [5, 5.41) is 19.2. The fourth-order valence-electron chi connectivity index (χ4n) is 1.50. The van der Waals surface area contributed by atoms with Gasteiger partial charge in [0.1, 0.15) is 16.8 Å². The number of ether oxygens (including phenoxy) is 1. The first-order valence-corrected chi connectivity index (χ1v) is 5.71. The smallest absolute Gasteiger partial charge is 0.288 e. The Morgan fingerprint density at radius 3 is 2.70 bits per heavy atom. The van der Waals surface area contributed by atoms with Crippen molar-refractivity contribution in [2.24, 2.45) is 0 Å². The van der Waals surface area contributed by atoms with Crippen LogP contribution in [-0.4, -0.2) is 4.92 Å². The molecule has 0 saturated heterocycles. The number of nitriles is 1. The quantitative estimate of drug-likeness (QED) is 0.631. The van der Waals surface area contributed by atoms with Gasteiger partial charge in [-0.2, -0.15) is 5.26 Å². The highest BCUT2D eigenvalue weighted by Crippen LogP contribution is 2.32. The van der Waals surface area contributed by atoms with Gasteiger partial charge in [-0.25, -0.2) is 4.39 Å². The van der Waals surface area contributed by atoms with Gasteiger partial charge in [-0.15, -0.1) is 0 Å². The van der Waals surface area contributed by atoms with E-state index in [1.807, 2.05) is 0 Å². The molecule has 0 N–H and O–H groups in total. The van der Waals surface area contributed by atoms with Crippen molar-refractivity contribution in [3.05, 3.63) is 62.9 Å². The molecule has 5 nitrogen and oxygen atoms in total. The lowest BCUT2D eigenvalue weighted by Crippen LogP contribution is -1.93. The van der Waals surface area contributed by atoms with Crippen molar-refractivity contribution in [1.29, 1.82) is 5.26 Å². The second-order valence-corrected chi connectivity index (χ2v) is 4.11. The van der Waals surface area contributed by atoms with Crippen LogP contribution in [0.5, 0.6) is 11.5 Å². The number of hydrogen-bond acceptors (Lipinski definition) is 4. The summed E-state index contributed by atoms with van der Waals surface area (Å²) in [5.41, 5.74) is -0.430. The average Bonchev–Trinajstić information content (AvgIpc) is 2.41. The molecule has 0 aromatic heterocycles. The summed E-state index contributed by atoms with van der Waals surface area (Å²) in [5.74, 6) is -0.826. The molecule has 100 valence electrons. The Bertz CT molecular complexity index is 728. The zero-order valence-electron chi connectivity index (χ0n) is 9.84. The van der Waals surface area contributed by atoms with Crippen molar-refractivity contribution < 1.29 is 14.1 Å². The third-order valence-corrected chi connectivity index (χ3v) is 2.73. The summed E-state index contributed by atoms with van der Waals surface area (Å²) >= 11 is 5.72. The van der Waals surface area contributed by atoms with Gasteiger partial charge in [0.2, 0.25) is 0 Å². The summed E-state index contributed by atoms with van der Waals surface area (Å²) in [6, 6.07) is 9.46. The Hall–Kier alpha value is -2.65. The Morgan fingerprint density at radius 2 is 2.10 bits per heavy atom. The lowest BCUT2D eigenvalue weighted by molar-refractivity contribution is -0.384. The maximum atomic E-state index is 13.8. The number of halogens is 2. The van der Waals surface area contributed by atoms with E-state index in [2.05, 4.69) is 0 Å². The topological polar surface area (TPSA) is 76.2 Å². The second-order valence-electron chi connectivity index (χ2n) is 3.70. The minimum absolute atomic E-state index is 0.121. The van der Waals surface area contributed by atoms with Crippen molar-refractivity contribution in [2.45, 2.75) is 0 Å². The molecule has 2 rings (SSSR count). The number of nitro benzene ring substituents is 1. The molecule has 0 aliphatic rings. The normalized spacial score (nSPS) is 9.85. The van der Waals surface area contributed by atoms with Crippen LogP contribution in [0.25, 0.3) is 0 Å². The lowest BCUT2D eigenvalue weighted by atomic mass is 10.2. The summed E-state index contributed by atoms with van der Waals surface area (Å²) in [7, 11) is 0. The largest absolute Gasteiger partial charge is 0.454 e. The van der Waals surface area contributed by atoms with E-state index in [1.165, 1.54) is 30.3 Å². The molecule has 2 aromatic rings. The fourth-order valence-corrected chi connectivity index (χ4v) is 1.74. The van der Waals surface area contributed by atoms with Crippen molar-refractivity contribution in [2.75, 3.05) is 0 Å². The molecule has 7 heteroatoms. The number of benzene rings is 2. The molecule has 0 aliphatic heterocycles. The third-order valence-electron chi connectivity index (χ3n) is 2.43. The van der Waals surface area contributed by atoms with Crippen molar-refractivity contribution in [3.8, 4) is 17.6 Å². The fraction of sp³-hybridized carbons (Fsp3) is 0. The Labute approximate surface area is 117 Å². The Kier molecular flexibility index (Phi) is 3.82. The van der Waals surface area contributed by atoms with Gasteiger partial charge in [0, 0.05) is 12.1 Å². The van der Waals surface area contributed by atoms with Crippen LogP contribution in [-0.2, 0) is 0 Å². The Balaban J connectivity index is 2.34. The molecule has 0 aliphatic carbocycles. The summed E-state index contributed by atoms with van der Waals surface area (Å²) in [4.78, 5) is 9.98. The number of rotatable bonds is 3. The van der Waals surface area contributed by atoms with Crippen LogP contribution < -0.4 is 4.74 Å². The molecule has 0 heterocycles. The SMILES string of the molecule is N#Cc1cccc(Oc2ccc([N+](=O)[O-])c(Cl)c2)c1F. The van der Waals surface area contributed by atoms with Crippen molar-refractivity contribution >= 4 is 17.3 Å². The van der Waals surface area contributed by atoms with Crippen molar-refractivity contribution in [3.63, 3.8) is 0 Å². The minimum Gasteiger partial charge on any atom is -0.454 e. The molecule has 0 radical (unpaired) electrons. The first-order chi connectivity index (χ1) is 9.52. The van der Waals surface area contributed by atoms with Crippen molar-refractivity contribution in [1.82, 2.24) is 0 Å². The molecule has 0 spiro atoms. The molecule has 20 heavy (non-hydrogen) atoms. The van der Waals surface area contributed by atoms with E-state index >= 15 is 0 Å². The highest BCUT2D eigenvalue weighted by molar-refractivity contribution is 6.32. The highest BCUT2D eigenvalue weighted by atomic mass is 35.5. The zero-order valence-corrected chi connectivity index (χ0v) is 10.6. The average molecular weight is 293 g/mol. The predicted octanol–water partition coefficient (Wildman–Crippen LogP) is 4.05. The molecular formula is C13H6ClFN2O3. The van der Waals surface area contributed by atoms with E-state index in [9.17, 15) is 14.5 Å². The lowest BCUT2D eigenvalue weighted by Gasteiger charge is -2.07. The van der Waals surface area contributed by atoms with E-state index in [-0.39, 0.29) is 27.8 Å². The van der Waals surface area contributed by atoms with E-state index in [0.717, 1.165) is 6.07 Å². The molecule has 0 amide bonds. The van der Waals surface area contributed by atoms with Gasteiger partial charge >= 0.3 is 0 Å². The second kappa shape index (κ2) is 5.55. The van der Waals surface area contributed by atoms with Crippen LogP contribution in [0.1, 0.15) is 5.56 Å². The third kappa shape index (κ3) is 2.68. The molecule has 2 aromatic carbocycles. The van der Waals surface area contributed by atoms with E-state index in [0.29, 0.717) is 0 Å². The molecule has 0 atom stereocenters. The highest BCUT2D eigenvalue weighted by Gasteiger charge is 2.14. The summed E-state index contributed by atoms with van der Waals surface area (Å²) < 4.78 is 19.0. The molecule has 0 unspecified atom stereocenters. The van der Waals surface area contributed by atoms with Gasteiger partial charge in [0.25, 0.3) is 5.69 Å². The van der Waals surface area contributed by atoms with Gasteiger partial charge in [-0.1, -0.05) is 17.7 Å². The molecule has 0 bridgehead atoms. The van der Waals surface area contributed by atoms with Gasteiger partial charge in [-0.3, -0.25) is 10.1 Å². The summed E-state index contributed by atoms with van der Waals surface area (Å²) in [6.07, 6.45) is 0. The number of nitrogens with zero attached hydrogens (tertiary/aromatic N) is 2. The van der Waals surface area contributed by atoms with Gasteiger partial charge in [-0.05, 0) is 18.2 Å². The molecule has 0 saturated carbocycles. The number of nitro groups is 1. The van der Waals surface area contributed by atoms with E-state index < -0.39 is 10.7 Å². The predicted molar refractivity (Wildman–Crippen MR) is 69.3 cm³/mol. The van der Waals surface area contributed by atoms with Crippen LogP contribution in [0, 0.1) is 27.3 Å². The van der Waals surface area contributed by atoms with E-state index in [1.54, 1.807) is 6.07 Å². The minimum atomic E-state index is -0.801. The van der Waals surface area contributed by atoms with Crippen LogP contribution in [0.3, 0.4) is 0 Å². The first-order valence-electron chi connectivity index (χ1n) is 5.33. The zero-order chi connectivity index (χ0) is 14.7. The van der Waals surface area contributed by atoms with Gasteiger partial charge < -0.3 is 4.74 Å². The molecule has 0 fully saturated rings. The number of hydrogen-bond donors (Lipinski definition) is 0. The summed E-state index contributed by atoms with van der Waals surface area (Å²) in [6.45, 7) is 0.